The van der Waals surface area contributed by atoms with Crippen molar-refractivity contribution >= 4 is 12.0 Å². The summed E-state index contributed by atoms with van der Waals surface area (Å²) < 4.78 is 45.0. The third-order valence-corrected chi connectivity index (χ3v) is 3.47. The number of allylic oxidation sites excluding steroid dienone is 4. The highest BCUT2D eigenvalue weighted by atomic mass is 19.4. The SMILES string of the molecule is CC1(C(F)(F)F)CC(OC=O)=CC=C1c1ccccc1. The van der Waals surface area contributed by atoms with Crippen LogP contribution in [0.25, 0.3) is 5.57 Å². The molecule has 0 radical (unpaired) electrons. The highest BCUT2D eigenvalue weighted by Crippen LogP contribution is 2.53. The van der Waals surface area contributed by atoms with Gasteiger partial charge in [0.25, 0.3) is 6.47 Å². The fourth-order valence-electron chi connectivity index (χ4n) is 2.29. The molecule has 0 saturated heterocycles. The number of alkyl halides is 3. The molecule has 0 aromatic heterocycles. The highest BCUT2D eigenvalue weighted by Gasteiger charge is 2.55. The first-order valence-corrected chi connectivity index (χ1v) is 6.02. The molecule has 1 aliphatic rings. The van der Waals surface area contributed by atoms with Crippen LogP contribution in [0, 0.1) is 5.41 Å². The molecule has 1 aromatic rings. The van der Waals surface area contributed by atoms with Gasteiger partial charge in [0.15, 0.2) is 0 Å². The Hall–Kier alpha value is -2.04. The van der Waals surface area contributed by atoms with E-state index in [1.54, 1.807) is 30.3 Å². The van der Waals surface area contributed by atoms with Crippen LogP contribution in [-0.4, -0.2) is 12.6 Å². The smallest absolute Gasteiger partial charge is 0.398 e. The van der Waals surface area contributed by atoms with Gasteiger partial charge in [0, 0.05) is 6.42 Å². The number of ether oxygens (including phenoxy) is 1. The molecule has 0 amide bonds. The number of halogens is 3. The van der Waals surface area contributed by atoms with Crippen LogP contribution in [0.4, 0.5) is 13.2 Å². The van der Waals surface area contributed by atoms with E-state index in [1.807, 2.05) is 0 Å². The molecule has 1 atom stereocenters. The van der Waals surface area contributed by atoms with E-state index in [0.717, 1.165) is 6.92 Å². The van der Waals surface area contributed by atoms with Crippen molar-refractivity contribution in [1.82, 2.24) is 0 Å². The van der Waals surface area contributed by atoms with Crippen molar-refractivity contribution in [2.45, 2.75) is 19.5 Å². The first kappa shape index (κ1) is 14.4. The Labute approximate surface area is 114 Å². The molecule has 1 aliphatic carbocycles. The molecule has 20 heavy (non-hydrogen) atoms. The van der Waals surface area contributed by atoms with Crippen molar-refractivity contribution in [3.05, 3.63) is 53.8 Å². The van der Waals surface area contributed by atoms with Gasteiger partial charge in [-0.3, -0.25) is 4.79 Å². The predicted octanol–water partition coefficient (Wildman–Crippen LogP) is 4.10. The Kier molecular flexibility index (Phi) is 3.70. The fraction of sp³-hybridized carbons (Fsp3) is 0.267. The van der Waals surface area contributed by atoms with Gasteiger partial charge in [0.05, 0.1) is 5.41 Å². The Morgan fingerprint density at radius 3 is 2.40 bits per heavy atom. The lowest BCUT2D eigenvalue weighted by Crippen LogP contribution is -2.38. The zero-order valence-corrected chi connectivity index (χ0v) is 10.8. The van der Waals surface area contributed by atoms with Gasteiger partial charge in [-0.15, -0.1) is 0 Å². The minimum absolute atomic E-state index is 0.0134. The molecular weight excluding hydrogens is 269 g/mol. The lowest BCUT2D eigenvalue weighted by molar-refractivity contribution is -0.197. The van der Waals surface area contributed by atoms with Crippen molar-refractivity contribution in [2.24, 2.45) is 5.41 Å². The number of carbonyl (C=O) groups excluding carboxylic acids is 1. The molecular formula is C15H13F3O2. The molecule has 0 aliphatic heterocycles. The molecule has 0 fully saturated rings. The minimum Gasteiger partial charge on any atom is -0.433 e. The maximum Gasteiger partial charge on any atom is 0.398 e. The third-order valence-electron chi connectivity index (χ3n) is 3.47. The molecule has 2 rings (SSSR count). The Morgan fingerprint density at radius 1 is 1.20 bits per heavy atom. The zero-order valence-electron chi connectivity index (χ0n) is 10.8. The topological polar surface area (TPSA) is 26.3 Å². The van der Waals surface area contributed by atoms with E-state index in [9.17, 15) is 18.0 Å². The van der Waals surface area contributed by atoms with Crippen LogP contribution in [0.3, 0.4) is 0 Å². The van der Waals surface area contributed by atoms with Gasteiger partial charge in [-0.25, -0.2) is 0 Å². The lowest BCUT2D eigenvalue weighted by Gasteiger charge is -2.36. The Balaban J connectivity index is 2.52. The van der Waals surface area contributed by atoms with E-state index in [1.165, 1.54) is 12.2 Å². The molecule has 0 spiro atoms. The van der Waals surface area contributed by atoms with Gasteiger partial charge in [-0.2, -0.15) is 13.2 Å². The molecule has 0 saturated carbocycles. The summed E-state index contributed by atoms with van der Waals surface area (Å²) in [5.74, 6) is 0.0134. The summed E-state index contributed by atoms with van der Waals surface area (Å²) in [6.45, 7) is 1.26. The second kappa shape index (κ2) is 5.15. The van der Waals surface area contributed by atoms with Crippen LogP contribution in [0.2, 0.25) is 0 Å². The van der Waals surface area contributed by atoms with Gasteiger partial charge >= 0.3 is 6.18 Å². The molecule has 0 bridgehead atoms. The fourth-order valence-corrected chi connectivity index (χ4v) is 2.29. The summed E-state index contributed by atoms with van der Waals surface area (Å²) in [7, 11) is 0. The van der Waals surface area contributed by atoms with Crippen LogP contribution in [0.1, 0.15) is 18.9 Å². The van der Waals surface area contributed by atoms with E-state index in [4.69, 9.17) is 0 Å². The predicted molar refractivity (Wildman–Crippen MR) is 68.4 cm³/mol. The molecule has 1 aromatic carbocycles. The Morgan fingerprint density at radius 2 is 1.85 bits per heavy atom. The van der Waals surface area contributed by atoms with E-state index >= 15 is 0 Å². The van der Waals surface area contributed by atoms with Gasteiger partial charge < -0.3 is 4.74 Å². The van der Waals surface area contributed by atoms with Crippen molar-refractivity contribution in [3.8, 4) is 0 Å². The van der Waals surface area contributed by atoms with E-state index in [2.05, 4.69) is 4.74 Å². The summed E-state index contributed by atoms with van der Waals surface area (Å²) in [6, 6.07) is 8.39. The summed E-state index contributed by atoms with van der Waals surface area (Å²) in [5.41, 5.74) is -1.40. The normalized spacial score (nSPS) is 22.8. The second-order valence-electron chi connectivity index (χ2n) is 4.80. The molecule has 106 valence electrons. The minimum atomic E-state index is -4.44. The molecule has 0 N–H and O–H groups in total. The number of hydrogen-bond acceptors (Lipinski definition) is 2. The van der Waals surface area contributed by atoms with Crippen molar-refractivity contribution in [3.63, 3.8) is 0 Å². The third kappa shape index (κ3) is 2.48. The number of hydrogen-bond donors (Lipinski definition) is 0. The number of benzene rings is 1. The largest absolute Gasteiger partial charge is 0.433 e. The standard InChI is InChI=1S/C15H13F3O2/c1-14(15(16,17)18)9-12(20-10-19)7-8-13(14)11-5-3-2-4-6-11/h2-8,10H,9H2,1H3. The van der Waals surface area contributed by atoms with Crippen LogP contribution >= 0.6 is 0 Å². The second-order valence-corrected chi connectivity index (χ2v) is 4.80. The Bertz CT molecular complexity index is 558. The van der Waals surface area contributed by atoms with E-state index < -0.39 is 18.0 Å². The van der Waals surface area contributed by atoms with Gasteiger partial charge in [0.2, 0.25) is 0 Å². The summed E-state index contributed by atoms with van der Waals surface area (Å²) in [6.07, 6.45) is -2.06. The quantitative estimate of drug-likeness (QED) is 0.780. The first-order valence-electron chi connectivity index (χ1n) is 6.02. The average Bonchev–Trinajstić information content (AvgIpc) is 2.39. The molecule has 1 unspecified atom stereocenters. The first-order chi connectivity index (χ1) is 9.38. The van der Waals surface area contributed by atoms with E-state index in [0.29, 0.717) is 5.56 Å². The molecule has 2 nitrogen and oxygen atoms in total. The van der Waals surface area contributed by atoms with Crippen LogP contribution in [0.15, 0.2) is 48.2 Å². The molecule has 0 heterocycles. The monoisotopic (exact) mass is 282 g/mol. The highest BCUT2D eigenvalue weighted by molar-refractivity contribution is 5.74. The van der Waals surface area contributed by atoms with Gasteiger partial charge in [0.1, 0.15) is 5.76 Å². The van der Waals surface area contributed by atoms with Gasteiger partial charge in [-0.1, -0.05) is 36.4 Å². The van der Waals surface area contributed by atoms with Crippen molar-refractivity contribution < 1.29 is 22.7 Å². The summed E-state index contributed by atoms with van der Waals surface area (Å²) >= 11 is 0. The number of carbonyl (C=O) groups is 1. The van der Waals surface area contributed by atoms with Crippen LogP contribution in [-0.2, 0) is 9.53 Å². The van der Waals surface area contributed by atoms with Crippen LogP contribution in [0.5, 0.6) is 0 Å². The van der Waals surface area contributed by atoms with E-state index in [-0.39, 0.29) is 17.8 Å². The van der Waals surface area contributed by atoms with Gasteiger partial charge in [-0.05, 0) is 24.1 Å². The summed E-state index contributed by atoms with van der Waals surface area (Å²) in [4.78, 5) is 10.3. The zero-order chi connectivity index (χ0) is 14.8. The maximum absolute atomic E-state index is 13.5. The van der Waals surface area contributed by atoms with Crippen LogP contribution < -0.4 is 0 Å². The molecule has 5 heteroatoms. The summed E-state index contributed by atoms with van der Waals surface area (Å²) in [5, 5.41) is 0. The van der Waals surface area contributed by atoms with Crippen molar-refractivity contribution in [1.29, 1.82) is 0 Å². The maximum atomic E-state index is 13.5. The number of rotatable bonds is 3. The lowest BCUT2D eigenvalue weighted by atomic mass is 9.72. The van der Waals surface area contributed by atoms with Crippen molar-refractivity contribution in [2.75, 3.05) is 0 Å². The average molecular weight is 282 g/mol.